The number of rotatable bonds is 0. The fourth-order valence-corrected chi connectivity index (χ4v) is 2.15. The first kappa shape index (κ1) is 14.4. The fourth-order valence-electron chi connectivity index (χ4n) is 2.15. The van der Waals surface area contributed by atoms with Crippen LogP contribution in [0.1, 0.15) is 32.4 Å². The molecule has 0 spiro atoms. The van der Waals surface area contributed by atoms with E-state index in [2.05, 4.69) is 29.6 Å². The zero-order valence-corrected chi connectivity index (χ0v) is 11.4. The highest BCUT2D eigenvalue weighted by atomic mass is 16.2. The largest absolute Gasteiger partial charge is 0.360 e. The molecule has 0 atom stereocenters. The lowest BCUT2D eigenvalue weighted by molar-refractivity contribution is 0.0815. The van der Waals surface area contributed by atoms with Crippen LogP contribution in [0.25, 0.3) is 21.1 Å². The summed E-state index contributed by atoms with van der Waals surface area (Å²) in [6, 6.07) is 3.27. The Morgan fingerprint density at radius 1 is 0.750 bits per heavy atom. The molecular weight excluding hydrogens is 312 g/mol. The Morgan fingerprint density at radius 3 is 1.42 bits per heavy atom. The molecule has 0 saturated carbocycles. The summed E-state index contributed by atoms with van der Waals surface area (Å²) in [6.07, 6.45) is 0. The number of Topliss-reactive ketones (excluding diaryl/α,β-unsaturated/α-hetero) is 2. The van der Waals surface area contributed by atoms with Gasteiger partial charge < -0.3 is 9.69 Å². The maximum Gasteiger partial charge on any atom is 0.326 e. The normalized spacial score (nSPS) is 11.3. The van der Waals surface area contributed by atoms with Gasteiger partial charge in [0.05, 0.1) is 22.5 Å². The molecule has 0 fully saturated rings. The van der Waals surface area contributed by atoms with E-state index in [9.17, 15) is 9.59 Å². The number of hydrogen-bond acceptors (Lipinski definition) is 8. The molecule has 0 N–H and O–H groups in total. The van der Waals surface area contributed by atoms with Crippen molar-refractivity contribution in [1.29, 1.82) is 10.5 Å². The Labute approximate surface area is 133 Å². The van der Waals surface area contributed by atoms with Gasteiger partial charge in [-0.1, -0.05) is 23.1 Å². The predicted octanol–water partition coefficient (Wildman–Crippen LogP) is 1.16. The number of carbonyl (C=O) groups excluding carboxylic acids is 2. The molecule has 0 amide bonds. The van der Waals surface area contributed by atoms with Gasteiger partial charge in [0.15, 0.2) is 12.1 Å². The smallest absolute Gasteiger partial charge is 0.326 e. The number of nitrogens with zero attached hydrogens (tertiary/aromatic N) is 8. The van der Waals surface area contributed by atoms with E-state index in [0.29, 0.717) is 0 Å². The van der Waals surface area contributed by atoms with E-state index in [0.717, 1.165) is 0 Å². The van der Waals surface area contributed by atoms with E-state index >= 15 is 0 Å². The van der Waals surface area contributed by atoms with Gasteiger partial charge in [0, 0.05) is 0 Å². The highest BCUT2D eigenvalue weighted by Crippen LogP contribution is 2.38. The zero-order chi connectivity index (χ0) is 17.4. The second kappa shape index (κ2) is 5.03. The summed E-state index contributed by atoms with van der Waals surface area (Å²) in [5.74, 6) is -3.94. The maximum atomic E-state index is 12.3. The van der Waals surface area contributed by atoms with Crippen LogP contribution in [-0.2, 0) is 0 Å². The average molecular weight is 312 g/mol. The fraction of sp³-hybridized carbons (Fsp3) is 0. The molecular formula is C14N8O2. The molecule has 2 aromatic heterocycles. The third kappa shape index (κ3) is 1.79. The molecule has 1 aliphatic carbocycles. The van der Waals surface area contributed by atoms with E-state index in [-0.39, 0.29) is 11.4 Å². The van der Waals surface area contributed by atoms with Crippen LogP contribution in [0.3, 0.4) is 0 Å². The van der Waals surface area contributed by atoms with Crippen LogP contribution in [0.15, 0.2) is 0 Å². The van der Waals surface area contributed by atoms with E-state index in [1.165, 1.54) is 0 Å². The molecule has 2 aromatic rings. The number of carbonyl (C=O) groups is 2. The molecule has 108 valence electrons. The van der Waals surface area contributed by atoms with Crippen molar-refractivity contribution in [3.05, 3.63) is 45.6 Å². The van der Waals surface area contributed by atoms with Crippen molar-refractivity contribution in [3.63, 3.8) is 0 Å². The third-order valence-corrected chi connectivity index (χ3v) is 3.08. The lowest BCUT2D eigenvalue weighted by Gasteiger charge is -2.16. The second-order valence-corrected chi connectivity index (χ2v) is 4.29. The topological polar surface area (TPSA) is 142 Å². The molecule has 10 heteroatoms. The number of ketones is 2. The van der Waals surface area contributed by atoms with Crippen LogP contribution in [-0.4, -0.2) is 31.5 Å². The summed E-state index contributed by atoms with van der Waals surface area (Å²) in [4.78, 5) is 45.5. The summed E-state index contributed by atoms with van der Waals surface area (Å²) < 4.78 is 0. The standard InChI is InChI=1S/C14N8O2/c1-17-13-7-9(19-5(3-15)21-13)10-8(12(24)11(7)23)14(18-2)22-6(4-16)20-10. The molecule has 0 radical (unpaired) electrons. The summed E-state index contributed by atoms with van der Waals surface area (Å²) >= 11 is 0. The minimum absolute atomic E-state index is 0.240. The molecule has 1 aliphatic rings. The van der Waals surface area contributed by atoms with Crippen LogP contribution in [0.2, 0.25) is 0 Å². The van der Waals surface area contributed by atoms with Crippen molar-refractivity contribution >= 4 is 23.2 Å². The van der Waals surface area contributed by atoms with Crippen molar-refractivity contribution in [2.45, 2.75) is 0 Å². The van der Waals surface area contributed by atoms with Crippen molar-refractivity contribution in [1.82, 2.24) is 19.9 Å². The van der Waals surface area contributed by atoms with Crippen LogP contribution in [0, 0.1) is 35.8 Å². The molecule has 0 bridgehead atoms. The van der Waals surface area contributed by atoms with Gasteiger partial charge in [-0.15, -0.1) is 0 Å². The first-order valence-corrected chi connectivity index (χ1v) is 6.04. The molecule has 24 heavy (non-hydrogen) atoms. The molecule has 2 heterocycles. The van der Waals surface area contributed by atoms with Gasteiger partial charge in [-0.3, -0.25) is 9.59 Å². The number of hydrogen-bond donors (Lipinski definition) is 0. The molecule has 3 rings (SSSR count). The SMILES string of the molecule is [C-]#[N+]c1nc(C#N)nc2c1C(=O)C(=O)c1c([N+]#[C-])nc(C#N)nc1-2. The van der Waals surface area contributed by atoms with Gasteiger partial charge in [0.1, 0.15) is 0 Å². The maximum absolute atomic E-state index is 12.3. The second-order valence-electron chi connectivity index (χ2n) is 4.29. The van der Waals surface area contributed by atoms with Crippen molar-refractivity contribution in [2.24, 2.45) is 0 Å². The van der Waals surface area contributed by atoms with Gasteiger partial charge in [-0.05, 0) is 0 Å². The highest BCUT2D eigenvalue weighted by molar-refractivity contribution is 6.54. The van der Waals surface area contributed by atoms with Gasteiger partial charge in [-0.25, -0.2) is 0 Å². The summed E-state index contributed by atoms with van der Waals surface area (Å²) in [5.41, 5.74) is -1.29. The highest BCUT2D eigenvalue weighted by Gasteiger charge is 2.39. The molecule has 0 aromatic carbocycles. The number of nitriles is 2. The minimum Gasteiger partial charge on any atom is -0.360 e. The van der Waals surface area contributed by atoms with Crippen LogP contribution in [0.5, 0.6) is 0 Å². The monoisotopic (exact) mass is 312 g/mol. The van der Waals surface area contributed by atoms with Gasteiger partial charge >= 0.3 is 11.6 Å². The van der Waals surface area contributed by atoms with Crippen molar-refractivity contribution < 1.29 is 9.59 Å². The van der Waals surface area contributed by atoms with Crippen LogP contribution in [0.4, 0.5) is 11.6 Å². The van der Waals surface area contributed by atoms with Crippen LogP contribution >= 0.6 is 0 Å². The summed E-state index contributed by atoms with van der Waals surface area (Å²) in [5, 5.41) is 17.9. The lowest BCUT2D eigenvalue weighted by atomic mass is 9.90. The minimum atomic E-state index is -1.09. The van der Waals surface area contributed by atoms with E-state index in [4.69, 9.17) is 23.7 Å². The van der Waals surface area contributed by atoms with E-state index in [1.807, 2.05) is 0 Å². The molecule has 0 saturated heterocycles. The lowest BCUT2D eigenvalue weighted by Crippen LogP contribution is -2.24. The van der Waals surface area contributed by atoms with Crippen LogP contribution < -0.4 is 0 Å². The van der Waals surface area contributed by atoms with Gasteiger partial charge in [-0.2, -0.15) is 20.5 Å². The first-order valence-electron chi connectivity index (χ1n) is 6.04. The first-order chi connectivity index (χ1) is 11.5. The van der Waals surface area contributed by atoms with Crippen molar-refractivity contribution in [3.8, 4) is 23.5 Å². The Kier molecular flexibility index (Phi) is 3.02. The number of fused-ring (bicyclic) bond motifs is 3. The Hall–Kier alpha value is -4.54. The molecule has 0 aliphatic heterocycles. The Balaban J connectivity index is 2.55. The van der Waals surface area contributed by atoms with Crippen molar-refractivity contribution in [2.75, 3.05) is 0 Å². The Bertz CT molecular complexity index is 1050. The van der Waals surface area contributed by atoms with E-state index in [1.54, 1.807) is 12.1 Å². The van der Waals surface area contributed by atoms with Gasteiger partial charge in [0.25, 0.3) is 11.6 Å². The summed E-state index contributed by atoms with van der Waals surface area (Å²) in [7, 11) is 0. The molecule has 0 unspecified atom stereocenters. The average Bonchev–Trinajstić information content (AvgIpc) is 2.63. The predicted molar refractivity (Wildman–Crippen MR) is 73.7 cm³/mol. The number of aromatic nitrogens is 4. The zero-order valence-electron chi connectivity index (χ0n) is 11.4. The summed E-state index contributed by atoms with van der Waals surface area (Å²) in [6.45, 7) is 14.2. The van der Waals surface area contributed by atoms with E-state index < -0.39 is 46.0 Å². The molecule has 10 nitrogen and oxygen atoms in total. The third-order valence-electron chi connectivity index (χ3n) is 3.08. The quantitative estimate of drug-likeness (QED) is 0.520. The van der Waals surface area contributed by atoms with Gasteiger partial charge in [0.2, 0.25) is 11.6 Å². The Morgan fingerprint density at radius 2 is 1.12 bits per heavy atom.